The van der Waals surface area contributed by atoms with Gasteiger partial charge in [0.1, 0.15) is 0 Å². The normalized spacial score (nSPS) is 18.4. The first kappa shape index (κ1) is 13.5. The van der Waals surface area contributed by atoms with E-state index < -0.39 is 6.61 Å². The molecular weight excluding hydrogens is 264 g/mol. The lowest BCUT2D eigenvalue weighted by atomic mass is 10.1. The van der Waals surface area contributed by atoms with Crippen LogP contribution < -0.4 is 14.8 Å². The van der Waals surface area contributed by atoms with E-state index in [1.54, 1.807) is 12.1 Å². The molecule has 0 saturated heterocycles. The molecule has 2 saturated carbocycles. The van der Waals surface area contributed by atoms with Gasteiger partial charge in [-0.25, -0.2) is 0 Å². The molecule has 0 spiro atoms. The molecule has 0 aliphatic heterocycles. The number of alkyl halides is 2. The Morgan fingerprint density at radius 3 is 2.25 bits per heavy atom. The van der Waals surface area contributed by atoms with Gasteiger partial charge in [-0.05, 0) is 49.7 Å². The van der Waals surface area contributed by atoms with Gasteiger partial charge in [0, 0.05) is 17.8 Å². The van der Waals surface area contributed by atoms with Crippen LogP contribution in [0.2, 0.25) is 0 Å². The zero-order valence-electron chi connectivity index (χ0n) is 11.4. The molecule has 1 aromatic rings. The maximum atomic E-state index is 12.4. The van der Waals surface area contributed by atoms with Gasteiger partial charge in [0.15, 0.2) is 11.5 Å². The minimum Gasteiger partial charge on any atom is -0.493 e. The Balaban J connectivity index is 1.74. The van der Waals surface area contributed by atoms with Crippen molar-refractivity contribution in [1.82, 2.24) is 0 Å². The predicted molar refractivity (Wildman–Crippen MR) is 72.5 cm³/mol. The monoisotopic (exact) mass is 283 g/mol. The van der Waals surface area contributed by atoms with E-state index in [1.165, 1.54) is 32.8 Å². The summed E-state index contributed by atoms with van der Waals surface area (Å²) in [6, 6.07) is 5.59. The summed E-state index contributed by atoms with van der Waals surface area (Å²) in [5.74, 6) is 1.89. The fraction of sp³-hybridized carbons (Fsp3) is 0.600. The van der Waals surface area contributed by atoms with Crippen molar-refractivity contribution in [3.63, 3.8) is 0 Å². The summed E-state index contributed by atoms with van der Waals surface area (Å²) in [6.07, 6.45) is 5.07. The summed E-state index contributed by atoms with van der Waals surface area (Å²) < 4.78 is 34.4. The van der Waals surface area contributed by atoms with Crippen molar-refractivity contribution in [3.05, 3.63) is 18.2 Å². The lowest BCUT2D eigenvalue weighted by Crippen LogP contribution is -2.24. The maximum absolute atomic E-state index is 12.4. The summed E-state index contributed by atoms with van der Waals surface area (Å²) in [7, 11) is 1.44. The first-order chi connectivity index (χ1) is 9.67. The van der Waals surface area contributed by atoms with Crippen molar-refractivity contribution < 1.29 is 18.3 Å². The third-order valence-corrected chi connectivity index (χ3v) is 3.97. The molecule has 2 aliphatic rings. The molecule has 0 radical (unpaired) electrons. The van der Waals surface area contributed by atoms with Gasteiger partial charge in [0.05, 0.1) is 7.11 Å². The molecule has 0 unspecified atom stereocenters. The van der Waals surface area contributed by atoms with Crippen LogP contribution in [0.3, 0.4) is 0 Å². The number of hydrogen-bond donors (Lipinski definition) is 1. The van der Waals surface area contributed by atoms with E-state index in [0.29, 0.717) is 11.8 Å². The Morgan fingerprint density at radius 2 is 1.75 bits per heavy atom. The molecule has 3 nitrogen and oxygen atoms in total. The predicted octanol–water partition coefficient (Wildman–Crippen LogP) is 3.90. The quantitative estimate of drug-likeness (QED) is 0.823. The summed E-state index contributed by atoms with van der Waals surface area (Å²) in [5.41, 5.74) is 0.824. The van der Waals surface area contributed by atoms with Crippen LogP contribution in [0.15, 0.2) is 18.2 Å². The summed E-state index contributed by atoms with van der Waals surface area (Å²) in [6.45, 7) is -2.85. The van der Waals surface area contributed by atoms with Crippen LogP contribution in [0.1, 0.15) is 25.7 Å². The number of anilines is 1. The second kappa shape index (κ2) is 5.46. The van der Waals surface area contributed by atoms with Gasteiger partial charge in [-0.2, -0.15) is 8.78 Å². The number of methoxy groups -OCH3 is 1. The topological polar surface area (TPSA) is 30.5 Å². The molecule has 1 N–H and O–H groups in total. The number of benzene rings is 1. The highest BCUT2D eigenvalue weighted by molar-refractivity contribution is 5.55. The van der Waals surface area contributed by atoms with Crippen LogP contribution in [-0.2, 0) is 0 Å². The first-order valence-electron chi connectivity index (χ1n) is 7.07. The molecule has 0 aromatic heterocycles. The largest absolute Gasteiger partial charge is 0.493 e. The van der Waals surface area contributed by atoms with Crippen molar-refractivity contribution in [2.24, 2.45) is 11.8 Å². The zero-order valence-corrected chi connectivity index (χ0v) is 11.4. The van der Waals surface area contributed by atoms with Crippen molar-refractivity contribution in [3.8, 4) is 11.5 Å². The van der Waals surface area contributed by atoms with E-state index in [0.717, 1.165) is 17.5 Å². The highest BCUT2D eigenvalue weighted by Gasteiger charge is 2.41. The summed E-state index contributed by atoms with van der Waals surface area (Å²) in [4.78, 5) is 0. The number of nitrogens with one attached hydrogen (secondary N) is 1. The molecule has 110 valence electrons. The van der Waals surface area contributed by atoms with Gasteiger partial charge in [-0.1, -0.05) is 0 Å². The second-order valence-corrected chi connectivity index (χ2v) is 5.59. The molecule has 2 fully saturated rings. The first-order valence-corrected chi connectivity index (χ1v) is 7.07. The molecule has 0 atom stereocenters. The Morgan fingerprint density at radius 1 is 1.10 bits per heavy atom. The van der Waals surface area contributed by atoms with E-state index in [1.807, 2.05) is 6.07 Å². The Labute approximate surface area is 117 Å². The van der Waals surface area contributed by atoms with Gasteiger partial charge in [0.2, 0.25) is 0 Å². The smallest absolute Gasteiger partial charge is 0.387 e. The van der Waals surface area contributed by atoms with Crippen LogP contribution in [0.25, 0.3) is 0 Å². The molecule has 20 heavy (non-hydrogen) atoms. The van der Waals surface area contributed by atoms with Crippen LogP contribution in [0.4, 0.5) is 14.5 Å². The molecule has 0 bridgehead atoms. The lowest BCUT2D eigenvalue weighted by molar-refractivity contribution is -0.0511. The van der Waals surface area contributed by atoms with Gasteiger partial charge in [-0.15, -0.1) is 0 Å². The Bertz CT molecular complexity index is 461. The SMILES string of the molecule is COc1ccc(NC(C2CC2)C2CC2)cc1OC(F)F. The number of hydrogen-bond acceptors (Lipinski definition) is 3. The number of rotatable bonds is 7. The summed E-state index contributed by atoms with van der Waals surface area (Å²) in [5, 5.41) is 3.49. The molecule has 5 heteroatoms. The van der Waals surface area contributed by atoms with Crippen LogP contribution in [0, 0.1) is 11.8 Å². The Hall–Kier alpha value is -1.52. The minimum absolute atomic E-state index is 0.0813. The maximum Gasteiger partial charge on any atom is 0.387 e. The molecule has 0 amide bonds. The van der Waals surface area contributed by atoms with E-state index in [4.69, 9.17) is 4.74 Å². The highest BCUT2D eigenvalue weighted by Crippen LogP contribution is 2.46. The van der Waals surface area contributed by atoms with Crippen molar-refractivity contribution in [2.75, 3.05) is 12.4 Å². The van der Waals surface area contributed by atoms with Gasteiger partial charge in [-0.3, -0.25) is 0 Å². The average molecular weight is 283 g/mol. The van der Waals surface area contributed by atoms with Gasteiger partial charge < -0.3 is 14.8 Å². The molecule has 1 aromatic carbocycles. The highest BCUT2D eigenvalue weighted by atomic mass is 19.3. The standard InChI is InChI=1S/C15H19F2NO2/c1-19-12-7-6-11(8-13(12)20-15(16)17)18-14(9-2-3-9)10-4-5-10/h6-10,14-15,18H,2-5H2,1H3. The van der Waals surface area contributed by atoms with Crippen molar-refractivity contribution in [1.29, 1.82) is 0 Å². The number of halogens is 2. The van der Waals surface area contributed by atoms with Crippen molar-refractivity contribution >= 4 is 5.69 Å². The van der Waals surface area contributed by atoms with Gasteiger partial charge in [0.25, 0.3) is 0 Å². The second-order valence-electron chi connectivity index (χ2n) is 5.59. The third-order valence-electron chi connectivity index (χ3n) is 3.97. The van der Waals surface area contributed by atoms with E-state index in [2.05, 4.69) is 10.1 Å². The Kier molecular flexibility index (Phi) is 3.68. The van der Waals surface area contributed by atoms with Crippen LogP contribution in [-0.4, -0.2) is 19.8 Å². The minimum atomic E-state index is -2.85. The lowest BCUT2D eigenvalue weighted by Gasteiger charge is -2.20. The van der Waals surface area contributed by atoms with E-state index in [9.17, 15) is 8.78 Å². The fourth-order valence-corrected chi connectivity index (χ4v) is 2.68. The van der Waals surface area contributed by atoms with Gasteiger partial charge >= 0.3 is 6.61 Å². The zero-order chi connectivity index (χ0) is 14.1. The van der Waals surface area contributed by atoms with Crippen LogP contribution >= 0.6 is 0 Å². The summed E-state index contributed by atoms with van der Waals surface area (Å²) >= 11 is 0. The average Bonchev–Trinajstić information content (AvgIpc) is 3.28. The molecule has 0 heterocycles. The molecular formula is C15H19F2NO2. The third kappa shape index (κ3) is 3.14. The number of ether oxygens (including phenoxy) is 2. The van der Waals surface area contributed by atoms with E-state index in [-0.39, 0.29) is 5.75 Å². The van der Waals surface area contributed by atoms with E-state index >= 15 is 0 Å². The molecule has 3 rings (SSSR count). The molecule has 2 aliphatic carbocycles. The van der Waals surface area contributed by atoms with Crippen molar-refractivity contribution in [2.45, 2.75) is 38.3 Å². The van der Waals surface area contributed by atoms with Crippen LogP contribution in [0.5, 0.6) is 11.5 Å². The fourth-order valence-electron chi connectivity index (χ4n) is 2.68.